The minimum absolute atomic E-state index is 0.0483. The van der Waals surface area contributed by atoms with Gasteiger partial charge in [-0.15, -0.1) is 22.7 Å². The Morgan fingerprint density at radius 1 is 1.00 bits per heavy atom. The second kappa shape index (κ2) is 7.62. The molecule has 3 nitrogen and oxygen atoms in total. The highest BCUT2D eigenvalue weighted by Gasteiger charge is 2.23. The highest BCUT2D eigenvalue weighted by molar-refractivity contribution is 7.26. The Morgan fingerprint density at radius 3 is 2.56 bits per heavy atom. The predicted molar refractivity (Wildman–Crippen MR) is 147 cm³/mol. The number of thiophene rings is 2. The molecule has 34 heavy (non-hydrogen) atoms. The normalized spacial score (nSPS) is 12.8. The summed E-state index contributed by atoms with van der Waals surface area (Å²) in [5.41, 5.74) is 5.88. The molecule has 0 aliphatic rings. The van der Waals surface area contributed by atoms with Crippen LogP contribution in [0, 0.1) is 12.8 Å². The number of benzene rings is 2. The van der Waals surface area contributed by atoms with Crippen LogP contribution in [-0.2, 0) is 11.8 Å². The molecular formula is C29H28N2OS2. The van der Waals surface area contributed by atoms with Gasteiger partial charge in [-0.25, -0.2) is 9.97 Å². The van der Waals surface area contributed by atoms with Gasteiger partial charge in [0.1, 0.15) is 16.9 Å². The Hall–Kier alpha value is -2.76. The van der Waals surface area contributed by atoms with Crippen LogP contribution in [0.15, 0.2) is 46.5 Å². The van der Waals surface area contributed by atoms with E-state index in [4.69, 9.17) is 9.40 Å². The molecule has 0 aliphatic carbocycles. The molecule has 5 heteroatoms. The Morgan fingerprint density at radius 2 is 1.79 bits per heavy atom. The van der Waals surface area contributed by atoms with E-state index in [-0.39, 0.29) is 5.41 Å². The van der Waals surface area contributed by atoms with Gasteiger partial charge in [-0.05, 0) is 59.2 Å². The Bertz CT molecular complexity index is 1710. The molecule has 0 unspecified atom stereocenters. The first-order chi connectivity index (χ1) is 16.2. The van der Waals surface area contributed by atoms with E-state index < -0.39 is 0 Å². The van der Waals surface area contributed by atoms with Crippen molar-refractivity contribution in [3.8, 4) is 11.3 Å². The molecule has 0 saturated heterocycles. The molecule has 0 saturated carbocycles. The molecule has 4 heterocycles. The fourth-order valence-corrected chi connectivity index (χ4v) is 7.28. The number of hydrogen-bond acceptors (Lipinski definition) is 5. The van der Waals surface area contributed by atoms with E-state index in [1.54, 1.807) is 17.7 Å². The lowest BCUT2D eigenvalue weighted by Gasteiger charge is -2.21. The predicted octanol–water partition coefficient (Wildman–Crippen LogP) is 9.28. The minimum atomic E-state index is 0.0483. The topological polar surface area (TPSA) is 38.9 Å². The van der Waals surface area contributed by atoms with Crippen LogP contribution in [0.3, 0.4) is 0 Å². The molecule has 6 rings (SSSR count). The van der Waals surface area contributed by atoms with Crippen LogP contribution in [0.4, 0.5) is 0 Å². The van der Waals surface area contributed by atoms with Crippen molar-refractivity contribution in [2.75, 3.05) is 0 Å². The monoisotopic (exact) mass is 484 g/mol. The molecular weight excluding hydrogens is 456 g/mol. The van der Waals surface area contributed by atoms with Crippen molar-refractivity contribution in [1.29, 1.82) is 0 Å². The summed E-state index contributed by atoms with van der Waals surface area (Å²) in [6, 6.07) is 11.3. The Balaban J connectivity index is 1.65. The van der Waals surface area contributed by atoms with Crippen molar-refractivity contribution in [3.63, 3.8) is 0 Å². The maximum Gasteiger partial charge on any atom is 0.152 e. The van der Waals surface area contributed by atoms with Gasteiger partial charge in [0, 0.05) is 32.0 Å². The number of hydrogen-bond donors (Lipinski definition) is 0. The zero-order chi connectivity index (χ0) is 23.8. The molecule has 172 valence electrons. The standard InChI is InChI=1S/C29H28N2OS2/c1-15(2)11-21-16(3)32-25-19(21)7-8-20-23-24(30-14-31-28(23)34-27(20)25)18-12-17-9-10-33-26(17)22(13-18)29(4,5)6/h7-10,12-15H,11H2,1-6H3. The van der Waals surface area contributed by atoms with Crippen molar-refractivity contribution in [2.45, 2.75) is 53.4 Å². The third-order valence-electron chi connectivity index (χ3n) is 6.64. The quantitative estimate of drug-likeness (QED) is 0.251. The molecule has 0 aliphatic heterocycles. The van der Waals surface area contributed by atoms with Crippen LogP contribution in [0.2, 0.25) is 0 Å². The summed E-state index contributed by atoms with van der Waals surface area (Å²) in [6.07, 6.45) is 2.73. The number of aromatic nitrogens is 2. The number of furan rings is 1. The van der Waals surface area contributed by atoms with Crippen molar-refractivity contribution in [2.24, 2.45) is 5.92 Å². The van der Waals surface area contributed by atoms with Gasteiger partial charge in [0.15, 0.2) is 5.58 Å². The molecule has 0 fully saturated rings. The van der Waals surface area contributed by atoms with Crippen LogP contribution < -0.4 is 0 Å². The average molecular weight is 485 g/mol. The summed E-state index contributed by atoms with van der Waals surface area (Å²) in [7, 11) is 0. The smallest absolute Gasteiger partial charge is 0.152 e. The van der Waals surface area contributed by atoms with E-state index in [2.05, 4.69) is 82.2 Å². The van der Waals surface area contributed by atoms with Gasteiger partial charge < -0.3 is 4.42 Å². The van der Waals surface area contributed by atoms with Gasteiger partial charge in [0.25, 0.3) is 0 Å². The van der Waals surface area contributed by atoms with Gasteiger partial charge in [0.2, 0.25) is 0 Å². The highest BCUT2D eigenvalue weighted by Crippen LogP contribution is 2.44. The van der Waals surface area contributed by atoms with Crippen LogP contribution in [0.1, 0.15) is 51.5 Å². The van der Waals surface area contributed by atoms with Crippen molar-refractivity contribution in [1.82, 2.24) is 9.97 Å². The maximum atomic E-state index is 6.36. The van der Waals surface area contributed by atoms with Crippen LogP contribution >= 0.6 is 22.7 Å². The fourth-order valence-electron chi connectivity index (χ4n) is 5.05. The maximum absolute atomic E-state index is 6.36. The van der Waals surface area contributed by atoms with Gasteiger partial charge in [0.05, 0.1) is 10.4 Å². The van der Waals surface area contributed by atoms with E-state index in [1.165, 1.54) is 36.7 Å². The SMILES string of the molecule is Cc1oc2c(ccc3c2sc2ncnc(-c4cc(C(C)(C)C)c5sccc5c4)c23)c1CC(C)C. The van der Waals surface area contributed by atoms with Crippen LogP contribution in [0.5, 0.6) is 0 Å². The number of rotatable bonds is 3. The van der Waals surface area contributed by atoms with Gasteiger partial charge in [-0.1, -0.05) is 46.8 Å². The van der Waals surface area contributed by atoms with E-state index >= 15 is 0 Å². The first-order valence-corrected chi connectivity index (χ1v) is 13.5. The molecule has 0 amide bonds. The molecule has 6 aromatic rings. The lowest BCUT2D eigenvalue weighted by Crippen LogP contribution is -2.11. The summed E-state index contributed by atoms with van der Waals surface area (Å²) >= 11 is 3.53. The molecule has 0 atom stereocenters. The largest absolute Gasteiger partial charge is 0.460 e. The van der Waals surface area contributed by atoms with Crippen LogP contribution in [-0.4, -0.2) is 9.97 Å². The third kappa shape index (κ3) is 3.29. The van der Waals surface area contributed by atoms with Crippen molar-refractivity contribution in [3.05, 3.63) is 58.9 Å². The van der Waals surface area contributed by atoms with E-state index in [9.17, 15) is 0 Å². The first-order valence-electron chi connectivity index (χ1n) is 11.8. The molecule has 0 N–H and O–H groups in total. The van der Waals surface area contributed by atoms with Crippen molar-refractivity contribution >= 4 is 64.0 Å². The zero-order valence-corrected chi connectivity index (χ0v) is 22.1. The van der Waals surface area contributed by atoms with E-state index in [0.29, 0.717) is 5.92 Å². The van der Waals surface area contributed by atoms with Crippen molar-refractivity contribution < 1.29 is 4.42 Å². The zero-order valence-electron chi connectivity index (χ0n) is 20.4. The van der Waals surface area contributed by atoms with E-state index in [1.807, 2.05) is 11.3 Å². The van der Waals surface area contributed by atoms with Crippen LogP contribution in [0.25, 0.3) is 52.6 Å². The lowest BCUT2D eigenvalue weighted by atomic mass is 9.85. The molecule has 0 bridgehead atoms. The molecule has 0 radical (unpaired) electrons. The third-order valence-corrected chi connectivity index (χ3v) is 8.72. The van der Waals surface area contributed by atoms with E-state index in [0.717, 1.165) is 39.2 Å². The second-order valence-electron chi connectivity index (χ2n) is 10.7. The molecule has 0 spiro atoms. The molecule has 4 aromatic heterocycles. The Labute approximate surface area is 207 Å². The second-order valence-corrected chi connectivity index (χ2v) is 12.6. The number of aryl methyl sites for hydroxylation is 1. The molecule has 2 aromatic carbocycles. The highest BCUT2D eigenvalue weighted by atomic mass is 32.1. The fraction of sp³-hybridized carbons (Fsp3) is 0.310. The number of nitrogens with zero attached hydrogens (tertiary/aromatic N) is 2. The summed E-state index contributed by atoms with van der Waals surface area (Å²) < 4.78 is 8.89. The van der Waals surface area contributed by atoms with Gasteiger partial charge >= 0.3 is 0 Å². The summed E-state index contributed by atoms with van der Waals surface area (Å²) in [4.78, 5) is 10.5. The lowest BCUT2D eigenvalue weighted by molar-refractivity contribution is 0.562. The van der Waals surface area contributed by atoms with Gasteiger partial charge in [-0.3, -0.25) is 0 Å². The Kier molecular flexibility index (Phi) is 4.88. The number of fused-ring (bicyclic) bond motifs is 6. The summed E-state index contributed by atoms with van der Waals surface area (Å²) in [6.45, 7) is 13.5. The van der Waals surface area contributed by atoms with Gasteiger partial charge in [-0.2, -0.15) is 0 Å². The summed E-state index contributed by atoms with van der Waals surface area (Å²) in [5.74, 6) is 1.61. The first kappa shape index (κ1) is 21.8. The minimum Gasteiger partial charge on any atom is -0.460 e. The average Bonchev–Trinajstić information content (AvgIpc) is 3.47. The summed E-state index contributed by atoms with van der Waals surface area (Å²) in [5, 5.41) is 6.99.